The Balaban J connectivity index is 0.000000150. The van der Waals surface area contributed by atoms with Gasteiger partial charge in [-0.3, -0.25) is 13.6 Å². The second kappa shape index (κ2) is 15.4. The monoisotopic (exact) mass is 890 g/mol. The molecule has 11 rings (SSSR count). The summed E-state index contributed by atoms with van der Waals surface area (Å²) < 4.78 is 71.3. The predicted octanol–water partition coefficient (Wildman–Crippen LogP) is 6.37. The molecule has 0 radical (unpaired) electrons. The summed E-state index contributed by atoms with van der Waals surface area (Å²) in [7, 11) is -7.60. The summed E-state index contributed by atoms with van der Waals surface area (Å²) in [4.78, 5) is 21.3. The average molecular weight is 891 g/mol. The van der Waals surface area contributed by atoms with Gasteiger partial charge in [-0.15, -0.1) is 20.4 Å². The number of carbonyl (C=O) groups is 1. The predicted molar refractivity (Wildman–Crippen MR) is 231 cm³/mol. The topological polar surface area (TPSA) is 200 Å². The van der Waals surface area contributed by atoms with Crippen LogP contribution < -0.4 is 0 Å². The molecule has 0 N–H and O–H groups in total. The van der Waals surface area contributed by atoms with Crippen LogP contribution in [0.2, 0.25) is 0 Å². The summed E-state index contributed by atoms with van der Waals surface area (Å²) in [5.74, 6) is 1.78. The molecule has 6 aromatic heterocycles. The zero-order valence-corrected chi connectivity index (χ0v) is 36.8. The molecule has 4 atom stereocenters. The maximum atomic E-state index is 13.4. The van der Waals surface area contributed by atoms with E-state index >= 15 is 0 Å². The highest BCUT2D eigenvalue weighted by Gasteiger charge is 2.50. The number of hydrogen-bond acceptors (Lipinski definition) is 13. The molecule has 2 saturated carbocycles. The number of nitrogens with zero attached hydrogens (tertiary/aromatic N) is 10. The Morgan fingerprint density at radius 2 is 1.10 bits per heavy atom. The minimum atomic E-state index is -3.80. The van der Waals surface area contributed by atoms with Crippen molar-refractivity contribution >= 4 is 59.5 Å². The normalized spacial score (nSPS) is 21.4. The Labute approximate surface area is 363 Å². The van der Waals surface area contributed by atoms with Gasteiger partial charge in [-0.05, 0) is 62.1 Å². The Morgan fingerprint density at radius 3 is 1.57 bits per heavy atom. The number of aryl methyl sites for hydroxylation is 2. The van der Waals surface area contributed by atoms with Gasteiger partial charge in [-0.25, -0.2) is 34.7 Å². The minimum Gasteiger partial charge on any atom is -0.347 e. The molecule has 1 spiro atoms. The lowest BCUT2D eigenvalue weighted by atomic mass is 9.93. The molecule has 63 heavy (non-hydrogen) atoms. The van der Waals surface area contributed by atoms with Crippen molar-refractivity contribution in [2.24, 2.45) is 11.8 Å². The molecular weight excluding hydrogens is 845 g/mol. The summed E-state index contributed by atoms with van der Waals surface area (Å²) in [5.41, 5.74) is 5.03. The molecule has 17 nitrogen and oxygen atoms in total. The molecule has 19 heteroatoms. The van der Waals surface area contributed by atoms with E-state index in [9.17, 15) is 21.6 Å². The first-order valence-corrected chi connectivity index (χ1v) is 24.1. The van der Waals surface area contributed by atoms with Crippen LogP contribution in [-0.4, -0.2) is 88.7 Å². The maximum Gasteiger partial charge on any atom is 0.269 e. The second-order valence-electron chi connectivity index (χ2n) is 16.8. The van der Waals surface area contributed by atoms with Gasteiger partial charge in [0.05, 0.1) is 46.4 Å². The minimum absolute atomic E-state index is 0.0276. The lowest BCUT2D eigenvalue weighted by Crippen LogP contribution is -2.26. The van der Waals surface area contributed by atoms with E-state index < -0.39 is 25.8 Å². The first-order chi connectivity index (χ1) is 30.3. The van der Waals surface area contributed by atoms with Gasteiger partial charge in [-0.1, -0.05) is 62.1 Å². The van der Waals surface area contributed by atoms with Crippen molar-refractivity contribution in [3.8, 4) is 0 Å². The van der Waals surface area contributed by atoms with Crippen molar-refractivity contribution in [2.75, 3.05) is 13.2 Å². The fraction of sp³-hybridized carbons (Fsp3) is 0.386. The average Bonchev–Trinajstić information content (AvgIpc) is 4.14. The van der Waals surface area contributed by atoms with E-state index in [1.165, 1.54) is 20.3 Å². The molecule has 7 heterocycles. The third-order valence-corrected chi connectivity index (χ3v) is 16.3. The highest BCUT2D eigenvalue weighted by atomic mass is 32.2. The van der Waals surface area contributed by atoms with E-state index in [1.54, 1.807) is 73.1 Å². The quantitative estimate of drug-likeness (QED) is 0.163. The number of Topliss-reactive ketones (excluding diaryl/α,β-unsaturated/α-hetero) is 1. The molecule has 8 aromatic rings. The number of rotatable bonds is 8. The summed E-state index contributed by atoms with van der Waals surface area (Å²) in [6, 6.07) is 17.0. The van der Waals surface area contributed by atoms with Gasteiger partial charge in [0.25, 0.3) is 20.0 Å². The Morgan fingerprint density at radius 1 is 0.619 bits per heavy atom. The molecule has 1 aliphatic heterocycles. The SMILES string of the molecule is CCC1CC(=O)CC1c1nnc2cnc3c(ccn3S(=O)(=O)c3ccc(C)cc3)n12.CCC1CC2(CC1c1nnc3cnc4c(ccn4S(=O)(=O)c4ccc(C)cc4)n13)OCCO2. The van der Waals surface area contributed by atoms with E-state index in [0.717, 1.165) is 36.2 Å². The van der Waals surface area contributed by atoms with Crippen molar-refractivity contribution in [2.45, 2.75) is 93.6 Å². The van der Waals surface area contributed by atoms with E-state index in [1.807, 2.05) is 22.6 Å². The van der Waals surface area contributed by atoms with Crippen LogP contribution in [0, 0.1) is 25.7 Å². The Hall–Kier alpha value is -5.89. The lowest BCUT2D eigenvalue weighted by molar-refractivity contribution is -0.153. The number of carbonyl (C=O) groups excluding carboxylic acids is 1. The van der Waals surface area contributed by atoms with E-state index in [2.05, 4.69) is 44.2 Å². The molecule has 2 aliphatic carbocycles. The van der Waals surface area contributed by atoms with Crippen LogP contribution in [0.3, 0.4) is 0 Å². The summed E-state index contributed by atoms with van der Waals surface area (Å²) in [5, 5.41) is 17.5. The van der Waals surface area contributed by atoms with Crippen LogP contribution in [0.1, 0.15) is 87.0 Å². The van der Waals surface area contributed by atoms with Crippen LogP contribution in [0.15, 0.2) is 95.2 Å². The summed E-state index contributed by atoms with van der Waals surface area (Å²) in [6.07, 6.45) is 10.5. The van der Waals surface area contributed by atoms with E-state index in [-0.39, 0.29) is 33.3 Å². The zero-order chi connectivity index (χ0) is 43.8. The van der Waals surface area contributed by atoms with Gasteiger partial charge in [-0.2, -0.15) is 0 Å². The van der Waals surface area contributed by atoms with Gasteiger partial charge < -0.3 is 9.47 Å². The van der Waals surface area contributed by atoms with Crippen molar-refractivity contribution < 1.29 is 31.1 Å². The van der Waals surface area contributed by atoms with Gasteiger partial charge in [0.2, 0.25) is 0 Å². The number of fused-ring (bicyclic) bond motifs is 6. The first-order valence-electron chi connectivity index (χ1n) is 21.2. The second-order valence-corrected chi connectivity index (χ2v) is 20.4. The standard InChI is InChI=1S/C23H25N5O4S.C21H21N5O3S/c1-3-16-12-23(31-10-11-32-23)13-18(16)21-26-25-20-14-24-22-19(28(20)21)8-9-27(22)33(29,30)17-6-4-15(2)5-7-17;1-3-14-10-15(27)11-17(14)20-24-23-19-12-22-21-18(26(19)20)8-9-25(21)30(28,29)16-6-4-13(2)5-7-16/h4-9,14,16,18H,3,10-13H2,1-2H3;4-9,12,14,17H,3,10-11H2,1-2H3. The van der Waals surface area contributed by atoms with E-state index in [4.69, 9.17) is 9.47 Å². The third kappa shape index (κ3) is 6.83. The highest BCUT2D eigenvalue weighted by Crippen LogP contribution is 2.50. The molecule has 3 aliphatic rings. The summed E-state index contributed by atoms with van der Waals surface area (Å²) in [6.45, 7) is 9.28. The van der Waals surface area contributed by atoms with E-state index in [0.29, 0.717) is 77.8 Å². The van der Waals surface area contributed by atoms with Gasteiger partial charge >= 0.3 is 0 Å². The molecule has 0 amide bonds. The molecule has 0 bridgehead atoms. The van der Waals surface area contributed by atoms with Crippen molar-refractivity contribution in [3.05, 3.63) is 108 Å². The molecule has 3 fully saturated rings. The zero-order valence-electron chi connectivity index (χ0n) is 35.2. The fourth-order valence-corrected chi connectivity index (χ4v) is 12.3. The first kappa shape index (κ1) is 41.1. The molecule has 1 saturated heterocycles. The van der Waals surface area contributed by atoms with Gasteiger partial charge in [0, 0.05) is 49.9 Å². The van der Waals surface area contributed by atoms with Crippen LogP contribution >= 0.6 is 0 Å². The molecular formula is C44H46N10O7S2. The van der Waals surface area contributed by atoms with Crippen molar-refractivity contribution in [1.82, 2.24) is 47.1 Å². The number of benzene rings is 2. The number of aromatic nitrogens is 10. The van der Waals surface area contributed by atoms with Crippen LogP contribution in [0.5, 0.6) is 0 Å². The molecule has 4 unspecified atom stereocenters. The van der Waals surface area contributed by atoms with Crippen LogP contribution in [0.25, 0.3) is 33.6 Å². The Bertz CT molecular complexity index is 3280. The van der Waals surface area contributed by atoms with Gasteiger partial charge in [0.1, 0.15) is 17.4 Å². The number of hydrogen-bond donors (Lipinski definition) is 0. The van der Waals surface area contributed by atoms with Gasteiger partial charge in [0.15, 0.2) is 28.4 Å². The molecule has 2 aromatic carbocycles. The highest BCUT2D eigenvalue weighted by molar-refractivity contribution is 7.90. The third-order valence-electron chi connectivity index (χ3n) is 13.0. The smallest absolute Gasteiger partial charge is 0.269 e. The lowest BCUT2D eigenvalue weighted by Gasteiger charge is -2.21. The van der Waals surface area contributed by atoms with Crippen molar-refractivity contribution in [3.63, 3.8) is 0 Å². The Kier molecular flexibility index (Phi) is 10.1. The number of ketones is 1. The van der Waals surface area contributed by atoms with Crippen LogP contribution in [0.4, 0.5) is 0 Å². The largest absolute Gasteiger partial charge is 0.347 e. The fourth-order valence-electron chi connectivity index (χ4n) is 9.67. The van der Waals surface area contributed by atoms with Crippen LogP contribution in [-0.2, 0) is 34.3 Å². The van der Waals surface area contributed by atoms with Crippen molar-refractivity contribution in [1.29, 1.82) is 0 Å². The molecule has 326 valence electrons. The number of ether oxygens (including phenoxy) is 2. The summed E-state index contributed by atoms with van der Waals surface area (Å²) >= 11 is 0. The maximum absolute atomic E-state index is 13.4.